The maximum absolute atomic E-state index is 10.6. The lowest BCUT2D eigenvalue weighted by Crippen LogP contribution is -2.58. The van der Waals surface area contributed by atoms with Crippen LogP contribution in [0.5, 0.6) is 0 Å². The molecule has 10 nitrogen and oxygen atoms in total. The molecule has 11 heteroatoms. The molecule has 0 amide bonds. The molecule has 9 unspecified atom stereocenters. The standard InChI is InChI=1S/C12H22O10S/c13-1-4(16)7(18)11(5(17)2-14)23-12-10(21)9(20)8(19)6(3-15)22-12/h1,4-12,14-21H,2-3H2. The summed E-state index contributed by atoms with van der Waals surface area (Å²) < 4.78 is 5.20. The molecule has 23 heavy (non-hydrogen) atoms. The zero-order chi connectivity index (χ0) is 17.7. The van der Waals surface area contributed by atoms with E-state index in [0.29, 0.717) is 11.8 Å². The minimum atomic E-state index is -1.85. The summed E-state index contributed by atoms with van der Waals surface area (Å²) in [7, 11) is 0. The molecule has 0 spiro atoms. The quantitative estimate of drug-likeness (QED) is 0.194. The topological polar surface area (TPSA) is 188 Å². The fourth-order valence-corrected chi connectivity index (χ4v) is 3.54. The SMILES string of the molecule is O=CC(O)C(O)C(SC1OC(CO)C(O)C(O)C1O)C(O)CO. The molecule has 0 aliphatic carbocycles. The highest BCUT2D eigenvalue weighted by atomic mass is 32.2. The van der Waals surface area contributed by atoms with Gasteiger partial charge in [-0.05, 0) is 0 Å². The molecule has 1 saturated heterocycles. The van der Waals surface area contributed by atoms with E-state index >= 15 is 0 Å². The third-order valence-corrected chi connectivity index (χ3v) is 5.10. The molecule has 0 aromatic heterocycles. The molecule has 0 bridgehead atoms. The lowest BCUT2D eigenvalue weighted by molar-refractivity contribution is -0.206. The van der Waals surface area contributed by atoms with Crippen LogP contribution < -0.4 is 0 Å². The van der Waals surface area contributed by atoms with Gasteiger partial charge in [-0.15, -0.1) is 11.8 Å². The molecular weight excluding hydrogens is 336 g/mol. The largest absolute Gasteiger partial charge is 0.394 e. The molecule has 0 saturated carbocycles. The van der Waals surface area contributed by atoms with Crippen molar-refractivity contribution < 1.29 is 50.4 Å². The lowest BCUT2D eigenvalue weighted by Gasteiger charge is -2.41. The maximum Gasteiger partial charge on any atom is 0.151 e. The third-order valence-electron chi connectivity index (χ3n) is 3.53. The van der Waals surface area contributed by atoms with Crippen LogP contribution in [-0.4, -0.2) is 114 Å². The zero-order valence-corrected chi connectivity index (χ0v) is 12.8. The normalized spacial score (nSPS) is 37.0. The molecule has 1 aliphatic rings. The van der Waals surface area contributed by atoms with Gasteiger partial charge in [0.1, 0.15) is 42.1 Å². The van der Waals surface area contributed by atoms with Crippen LogP contribution in [0.15, 0.2) is 0 Å². The van der Waals surface area contributed by atoms with Crippen molar-refractivity contribution in [3.63, 3.8) is 0 Å². The first-order chi connectivity index (χ1) is 10.8. The summed E-state index contributed by atoms with van der Waals surface area (Å²) >= 11 is 0.550. The van der Waals surface area contributed by atoms with Gasteiger partial charge in [0, 0.05) is 0 Å². The number of hydrogen-bond donors (Lipinski definition) is 8. The summed E-state index contributed by atoms with van der Waals surface area (Å²) in [6, 6.07) is 0. The molecule has 0 aromatic rings. The van der Waals surface area contributed by atoms with Crippen LogP contribution >= 0.6 is 11.8 Å². The van der Waals surface area contributed by atoms with Crippen LogP contribution in [0.4, 0.5) is 0 Å². The van der Waals surface area contributed by atoms with Crippen molar-refractivity contribution in [1.29, 1.82) is 0 Å². The molecular formula is C12H22O10S. The first kappa shape index (κ1) is 20.7. The Bertz CT molecular complexity index is 370. The van der Waals surface area contributed by atoms with Crippen molar-refractivity contribution in [1.82, 2.24) is 0 Å². The smallest absolute Gasteiger partial charge is 0.151 e. The van der Waals surface area contributed by atoms with E-state index in [4.69, 9.17) is 14.9 Å². The maximum atomic E-state index is 10.6. The summed E-state index contributed by atoms with van der Waals surface area (Å²) in [6.07, 6.45) is -11.2. The summed E-state index contributed by atoms with van der Waals surface area (Å²) in [4.78, 5) is 10.6. The highest BCUT2D eigenvalue weighted by Gasteiger charge is 2.46. The van der Waals surface area contributed by atoms with Gasteiger partial charge in [0.2, 0.25) is 0 Å². The van der Waals surface area contributed by atoms with Gasteiger partial charge in [-0.3, -0.25) is 0 Å². The molecule has 1 rings (SSSR count). The van der Waals surface area contributed by atoms with E-state index in [1.807, 2.05) is 0 Å². The second-order valence-electron chi connectivity index (χ2n) is 5.17. The number of thioether (sulfide) groups is 1. The van der Waals surface area contributed by atoms with Crippen LogP contribution in [0.1, 0.15) is 0 Å². The Morgan fingerprint density at radius 2 is 1.65 bits per heavy atom. The molecule has 9 atom stereocenters. The number of aldehydes is 1. The van der Waals surface area contributed by atoms with Crippen molar-refractivity contribution in [3.05, 3.63) is 0 Å². The van der Waals surface area contributed by atoms with Crippen LogP contribution in [0.2, 0.25) is 0 Å². The van der Waals surface area contributed by atoms with E-state index in [0.717, 1.165) is 0 Å². The highest BCUT2D eigenvalue weighted by Crippen LogP contribution is 2.34. The second-order valence-corrected chi connectivity index (χ2v) is 6.45. The first-order valence-corrected chi connectivity index (χ1v) is 7.79. The fraction of sp³-hybridized carbons (Fsp3) is 0.917. The van der Waals surface area contributed by atoms with Crippen LogP contribution in [0.25, 0.3) is 0 Å². The summed E-state index contributed by atoms with van der Waals surface area (Å²) in [5.74, 6) is 0. The molecule has 136 valence electrons. The summed E-state index contributed by atoms with van der Waals surface area (Å²) in [6.45, 7) is -1.47. The van der Waals surface area contributed by atoms with Gasteiger partial charge >= 0.3 is 0 Å². The summed E-state index contributed by atoms with van der Waals surface area (Å²) in [5.41, 5.74) is -1.30. The molecule has 8 N–H and O–H groups in total. The fourth-order valence-electron chi connectivity index (χ4n) is 2.11. The van der Waals surface area contributed by atoms with E-state index in [2.05, 4.69) is 0 Å². The number of aliphatic hydroxyl groups excluding tert-OH is 8. The molecule has 1 aliphatic heterocycles. The number of aliphatic hydroxyl groups is 8. The van der Waals surface area contributed by atoms with E-state index < -0.39 is 66.6 Å². The Labute approximate surface area is 135 Å². The Balaban J connectivity index is 2.91. The molecule has 0 aromatic carbocycles. The van der Waals surface area contributed by atoms with Crippen molar-refractivity contribution in [3.8, 4) is 0 Å². The monoisotopic (exact) mass is 358 g/mol. The Kier molecular flexibility index (Phi) is 8.30. The van der Waals surface area contributed by atoms with Crippen molar-refractivity contribution >= 4 is 18.0 Å². The molecule has 1 heterocycles. The minimum absolute atomic E-state index is 0.0373. The minimum Gasteiger partial charge on any atom is -0.394 e. The predicted octanol–water partition coefficient (Wildman–Crippen LogP) is -4.84. The first-order valence-electron chi connectivity index (χ1n) is 6.84. The van der Waals surface area contributed by atoms with Gasteiger partial charge in [0.05, 0.1) is 24.6 Å². The van der Waals surface area contributed by atoms with E-state index in [1.54, 1.807) is 0 Å². The van der Waals surface area contributed by atoms with E-state index in [9.17, 15) is 35.4 Å². The zero-order valence-electron chi connectivity index (χ0n) is 12.0. The Morgan fingerprint density at radius 1 is 1.04 bits per heavy atom. The number of rotatable bonds is 8. The molecule has 1 fully saturated rings. The number of carbonyl (C=O) groups excluding carboxylic acids is 1. The summed E-state index contributed by atoms with van der Waals surface area (Å²) in [5, 5.41) is 75.0. The van der Waals surface area contributed by atoms with E-state index in [1.165, 1.54) is 0 Å². The van der Waals surface area contributed by atoms with Crippen molar-refractivity contribution in [2.75, 3.05) is 13.2 Å². The van der Waals surface area contributed by atoms with Gasteiger partial charge in [-0.25, -0.2) is 0 Å². The number of ether oxygens (including phenoxy) is 1. The van der Waals surface area contributed by atoms with Gasteiger partial charge in [-0.2, -0.15) is 0 Å². The Hall–Kier alpha value is -0.340. The molecule has 0 radical (unpaired) electrons. The number of hydrogen-bond acceptors (Lipinski definition) is 11. The average Bonchev–Trinajstić information content (AvgIpc) is 2.57. The average molecular weight is 358 g/mol. The van der Waals surface area contributed by atoms with E-state index in [-0.39, 0.29) is 6.29 Å². The van der Waals surface area contributed by atoms with Crippen LogP contribution in [0.3, 0.4) is 0 Å². The Morgan fingerprint density at radius 3 is 2.13 bits per heavy atom. The van der Waals surface area contributed by atoms with Gasteiger partial charge < -0.3 is 50.4 Å². The van der Waals surface area contributed by atoms with Crippen LogP contribution in [0, 0.1) is 0 Å². The second kappa shape index (κ2) is 9.22. The third kappa shape index (κ3) is 4.82. The van der Waals surface area contributed by atoms with Gasteiger partial charge in [-0.1, -0.05) is 0 Å². The number of carbonyl (C=O) groups is 1. The van der Waals surface area contributed by atoms with Gasteiger partial charge in [0.25, 0.3) is 0 Å². The van der Waals surface area contributed by atoms with Crippen molar-refractivity contribution in [2.24, 2.45) is 0 Å². The highest BCUT2D eigenvalue weighted by molar-refractivity contribution is 8.00. The van der Waals surface area contributed by atoms with Gasteiger partial charge in [0.15, 0.2) is 6.29 Å². The predicted molar refractivity (Wildman–Crippen MR) is 76.3 cm³/mol. The lowest BCUT2D eigenvalue weighted by atomic mass is 10.0. The van der Waals surface area contributed by atoms with Crippen molar-refractivity contribution in [2.45, 2.75) is 53.4 Å². The van der Waals surface area contributed by atoms with Crippen LogP contribution in [-0.2, 0) is 9.53 Å².